The average molecular weight is 279 g/mol. The van der Waals surface area contributed by atoms with Crippen LogP contribution in [-0.4, -0.2) is 29.4 Å². The van der Waals surface area contributed by atoms with Crippen LogP contribution in [0.2, 0.25) is 0 Å². The Bertz CT molecular complexity index is 462. The van der Waals surface area contributed by atoms with E-state index in [1.807, 2.05) is 26.2 Å². The first-order chi connectivity index (χ1) is 9.58. The van der Waals surface area contributed by atoms with Crippen molar-refractivity contribution in [3.05, 3.63) is 24.0 Å². The van der Waals surface area contributed by atoms with Gasteiger partial charge in [0.15, 0.2) is 0 Å². The minimum Gasteiger partial charge on any atom is -0.457 e. The third-order valence-electron chi connectivity index (χ3n) is 4.80. The minimum absolute atomic E-state index is 0.0170. The van der Waals surface area contributed by atoms with Crippen molar-refractivity contribution in [2.24, 2.45) is 12.5 Å². The molecule has 0 radical (unpaired) electrons. The van der Waals surface area contributed by atoms with Crippen LogP contribution in [0.25, 0.3) is 0 Å². The molecule has 1 aromatic rings. The molecular weight excluding hydrogens is 254 g/mol. The summed E-state index contributed by atoms with van der Waals surface area (Å²) < 4.78 is 13.3. The summed E-state index contributed by atoms with van der Waals surface area (Å²) in [6.45, 7) is 7.03. The van der Waals surface area contributed by atoms with Gasteiger partial charge in [-0.3, -0.25) is 0 Å². The second-order valence-corrected chi connectivity index (χ2v) is 5.52. The van der Waals surface area contributed by atoms with E-state index in [-0.39, 0.29) is 23.6 Å². The Morgan fingerprint density at radius 1 is 1.35 bits per heavy atom. The molecule has 2 atom stereocenters. The second kappa shape index (κ2) is 6.00. The van der Waals surface area contributed by atoms with Crippen molar-refractivity contribution in [2.45, 2.75) is 52.2 Å². The number of ether oxygens (including phenoxy) is 2. The summed E-state index contributed by atoms with van der Waals surface area (Å²) in [5, 5.41) is 0. The quantitative estimate of drug-likeness (QED) is 0.751. The predicted octanol–water partition coefficient (Wildman–Crippen LogP) is 3.17. The van der Waals surface area contributed by atoms with Crippen LogP contribution in [0, 0.1) is 5.41 Å². The smallest absolute Gasteiger partial charge is 0.355 e. The molecule has 0 aliphatic heterocycles. The number of carbonyl (C=O) groups excluding carboxylic acids is 1. The van der Waals surface area contributed by atoms with E-state index in [4.69, 9.17) is 9.47 Å². The molecule has 1 aliphatic rings. The zero-order valence-electron chi connectivity index (χ0n) is 12.9. The van der Waals surface area contributed by atoms with Gasteiger partial charge in [-0.1, -0.05) is 13.8 Å². The highest BCUT2D eigenvalue weighted by atomic mass is 16.6. The Morgan fingerprint density at radius 3 is 2.55 bits per heavy atom. The number of nitrogens with zero attached hydrogens (tertiary/aromatic N) is 1. The Hall–Kier alpha value is -1.29. The van der Waals surface area contributed by atoms with Gasteiger partial charge >= 0.3 is 5.97 Å². The maximum Gasteiger partial charge on any atom is 0.355 e. The van der Waals surface area contributed by atoms with Crippen LogP contribution in [0.5, 0.6) is 0 Å². The van der Waals surface area contributed by atoms with E-state index in [0.717, 1.165) is 19.3 Å². The summed E-state index contributed by atoms with van der Waals surface area (Å²) in [4.78, 5) is 12.2. The first-order valence-corrected chi connectivity index (χ1v) is 7.52. The van der Waals surface area contributed by atoms with E-state index in [1.165, 1.54) is 0 Å². The first kappa shape index (κ1) is 15.1. The van der Waals surface area contributed by atoms with Crippen molar-refractivity contribution >= 4 is 5.97 Å². The van der Waals surface area contributed by atoms with Gasteiger partial charge < -0.3 is 14.0 Å². The van der Waals surface area contributed by atoms with E-state index in [2.05, 4.69) is 13.8 Å². The van der Waals surface area contributed by atoms with Crippen LogP contribution in [-0.2, 0) is 16.5 Å². The van der Waals surface area contributed by atoms with Gasteiger partial charge in [0, 0.05) is 31.7 Å². The van der Waals surface area contributed by atoms with E-state index in [0.29, 0.717) is 12.3 Å². The average Bonchev–Trinajstić information content (AvgIpc) is 2.85. The Labute approximate surface area is 121 Å². The highest BCUT2D eigenvalue weighted by molar-refractivity contribution is 5.87. The van der Waals surface area contributed by atoms with Crippen LogP contribution < -0.4 is 0 Å². The summed E-state index contributed by atoms with van der Waals surface area (Å²) in [5.74, 6) is -0.233. The molecule has 0 amide bonds. The maximum absolute atomic E-state index is 12.2. The molecule has 1 aliphatic carbocycles. The van der Waals surface area contributed by atoms with Gasteiger partial charge in [-0.25, -0.2) is 4.79 Å². The fraction of sp³-hybridized carbons (Fsp3) is 0.688. The summed E-state index contributed by atoms with van der Waals surface area (Å²) in [6, 6.07) is 3.65. The van der Waals surface area contributed by atoms with Gasteiger partial charge in [0.25, 0.3) is 0 Å². The second-order valence-electron chi connectivity index (χ2n) is 5.52. The Balaban J connectivity index is 2.06. The number of carbonyl (C=O) groups is 1. The van der Waals surface area contributed by atoms with Gasteiger partial charge in [-0.05, 0) is 31.9 Å². The van der Waals surface area contributed by atoms with Crippen LogP contribution in [0.15, 0.2) is 18.3 Å². The van der Waals surface area contributed by atoms with Crippen molar-refractivity contribution in [3.63, 3.8) is 0 Å². The Morgan fingerprint density at radius 2 is 2.05 bits per heavy atom. The molecular formula is C16H25NO3. The summed E-state index contributed by atoms with van der Waals surface area (Å²) in [7, 11) is 1.85. The third kappa shape index (κ3) is 2.37. The van der Waals surface area contributed by atoms with Crippen LogP contribution in [0.3, 0.4) is 0 Å². The van der Waals surface area contributed by atoms with Crippen molar-refractivity contribution < 1.29 is 14.3 Å². The molecule has 0 spiro atoms. The number of esters is 1. The third-order valence-corrected chi connectivity index (χ3v) is 4.80. The molecule has 0 saturated heterocycles. The SMILES string of the molecule is CCOC1CC(OC(=O)c2cccn2C)C1(CC)CC. The zero-order valence-corrected chi connectivity index (χ0v) is 12.9. The molecule has 1 heterocycles. The number of aryl methyl sites for hydroxylation is 1. The van der Waals surface area contributed by atoms with Crippen LogP contribution in [0.1, 0.15) is 50.5 Å². The van der Waals surface area contributed by atoms with E-state index in [9.17, 15) is 4.79 Å². The summed E-state index contributed by atoms with van der Waals surface area (Å²) >= 11 is 0. The lowest BCUT2D eigenvalue weighted by atomic mass is 9.60. The fourth-order valence-electron chi connectivity index (χ4n) is 3.33. The first-order valence-electron chi connectivity index (χ1n) is 7.52. The van der Waals surface area contributed by atoms with Gasteiger partial charge in [0.2, 0.25) is 0 Å². The number of hydrogen-bond donors (Lipinski definition) is 0. The molecule has 4 nitrogen and oxygen atoms in total. The lowest BCUT2D eigenvalue weighted by Gasteiger charge is -2.54. The number of aromatic nitrogens is 1. The largest absolute Gasteiger partial charge is 0.457 e. The monoisotopic (exact) mass is 279 g/mol. The molecule has 0 N–H and O–H groups in total. The summed E-state index contributed by atoms with van der Waals surface area (Å²) in [5.41, 5.74) is 0.586. The van der Waals surface area contributed by atoms with E-state index in [1.54, 1.807) is 10.6 Å². The highest BCUT2D eigenvalue weighted by Gasteiger charge is 2.55. The molecule has 1 saturated carbocycles. The van der Waals surface area contributed by atoms with Gasteiger partial charge in [-0.15, -0.1) is 0 Å². The van der Waals surface area contributed by atoms with Crippen molar-refractivity contribution in [2.75, 3.05) is 6.61 Å². The molecule has 1 aromatic heterocycles. The molecule has 4 heteroatoms. The summed E-state index contributed by atoms with van der Waals surface area (Å²) in [6.07, 6.45) is 4.79. The van der Waals surface area contributed by atoms with Crippen molar-refractivity contribution in [1.82, 2.24) is 4.57 Å². The molecule has 0 aromatic carbocycles. The van der Waals surface area contributed by atoms with Gasteiger partial charge in [0.1, 0.15) is 11.8 Å². The van der Waals surface area contributed by atoms with Gasteiger partial charge in [-0.2, -0.15) is 0 Å². The lowest BCUT2D eigenvalue weighted by Crippen LogP contribution is -2.59. The standard InChI is InChI=1S/C16H25NO3/c1-5-16(6-2)13(19-7-3)11-14(16)20-15(18)12-9-8-10-17(12)4/h8-10,13-14H,5-7,11H2,1-4H3. The predicted molar refractivity (Wildman–Crippen MR) is 77.7 cm³/mol. The van der Waals surface area contributed by atoms with E-state index < -0.39 is 0 Å². The number of hydrogen-bond acceptors (Lipinski definition) is 3. The Kier molecular flexibility index (Phi) is 4.53. The molecule has 2 unspecified atom stereocenters. The molecule has 0 bridgehead atoms. The molecule has 1 fully saturated rings. The molecule has 20 heavy (non-hydrogen) atoms. The zero-order chi connectivity index (χ0) is 14.8. The molecule has 112 valence electrons. The maximum atomic E-state index is 12.2. The van der Waals surface area contributed by atoms with E-state index >= 15 is 0 Å². The fourth-order valence-corrected chi connectivity index (χ4v) is 3.33. The number of rotatable bonds is 6. The lowest BCUT2D eigenvalue weighted by molar-refractivity contribution is -0.195. The van der Waals surface area contributed by atoms with Gasteiger partial charge in [0.05, 0.1) is 6.10 Å². The normalized spacial score (nSPS) is 24.2. The molecule has 2 rings (SSSR count). The highest BCUT2D eigenvalue weighted by Crippen LogP contribution is 2.50. The van der Waals surface area contributed by atoms with Crippen molar-refractivity contribution in [3.8, 4) is 0 Å². The van der Waals surface area contributed by atoms with Crippen molar-refractivity contribution in [1.29, 1.82) is 0 Å². The van der Waals surface area contributed by atoms with Crippen LogP contribution in [0.4, 0.5) is 0 Å². The topological polar surface area (TPSA) is 40.5 Å². The van der Waals surface area contributed by atoms with Crippen LogP contribution >= 0.6 is 0 Å². The minimum atomic E-state index is -0.233.